The van der Waals surface area contributed by atoms with Crippen LogP contribution in [0.2, 0.25) is 0 Å². The Bertz CT molecular complexity index is 727. The summed E-state index contributed by atoms with van der Waals surface area (Å²) in [7, 11) is 0. The van der Waals surface area contributed by atoms with Gasteiger partial charge in [0.2, 0.25) is 0 Å². The van der Waals surface area contributed by atoms with Crippen molar-refractivity contribution in [3.05, 3.63) is 75.3 Å². The molecule has 2 aromatic rings. The monoisotopic (exact) mass is 327 g/mol. The first-order valence-corrected chi connectivity index (χ1v) is 7.75. The van der Waals surface area contributed by atoms with Gasteiger partial charge in [-0.1, -0.05) is 57.2 Å². The molecule has 0 amide bonds. The van der Waals surface area contributed by atoms with Crippen LogP contribution in [-0.2, 0) is 16.6 Å². The molecule has 0 fully saturated rings. The topological polar surface area (TPSA) is 80.4 Å². The molecule has 0 saturated heterocycles. The Kier molecular flexibility index (Phi) is 5.02. The van der Waals surface area contributed by atoms with E-state index in [1.807, 2.05) is 24.3 Å². The molecule has 1 atom stereocenters. The predicted octanol–water partition coefficient (Wildman–Crippen LogP) is 4.30. The van der Waals surface area contributed by atoms with Gasteiger partial charge in [-0.3, -0.25) is 14.9 Å². The average molecular weight is 327 g/mol. The van der Waals surface area contributed by atoms with E-state index >= 15 is 0 Å². The van der Waals surface area contributed by atoms with Crippen LogP contribution in [0.4, 0.5) is 5.69 Å². The van der Waals surface area contributed by atoms with Gasteiger partial charge in [-0.25, -0.2) is 0 Å². The summed E-state index contributed by atoms with van der Waals surface area (Å²) in [5.41, 5.74) is 2.68. The summed E-state index contributed by atoms with van der Waals surface area (Å²) < 4.78 is 0. The first kappa shape index (κ1) is 17.7. The first-order valence-electron chi connectivity index (χ1n) is 7.75. The number of carbonyl (C=O) groups is 1. The van der Waals surface area contributed by atoms with Crippen LogP contribution in [0, 0.1) is 10.1 Å². The van der Waals surface area contributed by atoms with E-state index in [1.54, 1.807) is 0 Å². The van der Waals surface area contributed by atoms with Gasteiger partial charge in [0.25, 0.3) is 5.69 Å². The van der Waals surface area contributed by atoms with Crippen molar-refractivity contribution in [2.24, 2.45) is 0 Å². The molecule has 0 spiro atoms. The number of hydrogen-bond donors (Lipinski definition) is 1. The number of aliphatic carboxylic acids is 1. The van der Waals surface area contributed by atoms with Gasteiger partial charge in [0.1, 0.15) is 0 Å². The third-order valence-electron chi connectivity index (χ3n) is 4.06. The van der Waals surface area contributed by atoms with Crippen LogP contribution in [0.1, 0.15) is 43.4 Å². The van der Waals surface area contributed by atoms with Crippen molar-refractivity contribution < 1.29 is 14.8 Å². The van der Waals surface area contributed by atoms with Crippen molar-refractivity contribution >= 4 is 11.7 Å². The number of nitrogens with zero attached hydrogens (tertiary/aromatic N) is 1. The SMILES string of the molecule is CC(C)(C)c1ccc(CC(C(=O)O)c2ccc([N+](=O)[O-])cc2)cc1. The average Bonchev–Trinajstić information content (AvgIpc) is 2.52. The van der Waals surface area contributed by atoms with Crippen LogP contribution in [0.3, 0.4) is 0 Å². The zero-order valence-electron chi connectivity index (χ0n) is 14.0. The highest BCUT2D eigenvalue weighted by Crippen LogP contribution is 2.26. The number of carboxylic acid groups (broad SMARTS) is 1. The van der Waals surface area contributed by atoms with E-state index in [2.05, 4.69) is 20.8 Å². The molecular formula is C19H21NO4. The molecule has 2 rings (SSSR count). The van der Waals surface area contributed by atoms with Crippen molar-refractivity contribution in [1.82, 2.24) is 0 Å². The molecule has 0 heterocycles. The van der Waals surface area contributed by atoms with Gasteiger partial charge >= 0.3 is 5.97 Å². The van der Waals surface area contributed by atoms with E-state index in [0.717, 1.165) is 5.56 Å². The summed E-state index contributed by atoms with van der Waals surface area (Å²) in [4.78, 5) is 21.8. The van der Waals surface area contributed by atoms with E-state index in [-0.39, 0.29) is 11.1 Å². The number of hydrogen-bond acceptors (Lipinski definition) is 3. The Morgan fingerprint density at radius 1 is 1.08 bits per heavy atom. The van der Waals surface area contributed by atoms with E-state index in [1.165, 1.54) is 29.8 Å². The molecule has 0 aliphatic rings. The van der Waals surface area contributed by atoms with Crippen LogP contribution in [0.25, 0.3) is 0 Å². The predicted molar refractivity (Wildman–Crippen MR) is 92.3 cm³/mol. The molecule has 0 bridgehead atoms. The lowest BCUT2D eigenvalue weighted by atomic mass is 9.85. The number of benzene rings is 2. The van der Waals surface area contributed by atoms with Crippen LogP contribution in [0.5, 0.6) is 0 Å². The standard InChI is InChI=1S/C19H21NO4/c1-19(2,3)15-8-4-13(5-9-15)12-17(18(21)22)14-6-10-16(11-7-14)20(23)24/h4-11,17H,12H2,1-3H3,(H,21,22). The van der Waals surface area contributed by atoms with Gasteiger partial charge in [0, 0.05) is 12.1 Å². The Morgan fingerprint density at radius 2 is 1.62 bits per heavy atom. The fourth-order valence-corrected chi connectivity index (χ4v) is 2.55. The quantitative estimate of drug-likeness (QED) is 0.655. The third kappa shape index (κ3) is 4.19. The molecule has 5 heteroatoms. The Balaban J connectivity index is 2.22. The normalized spacial score (nSPS) is 12.6. The molecular weight excluding hydrogens is 306 g/mol. The van der Waals surface area contributed by atoms with E-state index in [0.29, 0.717) is 12.0 Å². The summed E-state index contributed by atoms with van der Waals surface area (Å²) in [6, 6.07) is 13.6. The fourth-order valence-electron chi connectivity index (χ4n) is 2.55. The number of nitro benzene ring substituents is 1. The van der Waals surface area contributed by atoms with Gasteiger partial charge in [0.05, 0.1) is 10.8 Å². The van der Waals surface area contributed by atoms with Crippen LogP contribution in [0.15, 0.2) is 48.5 Å². The smallest absolute Gasteiger partial charge is 0.311 e. The largest absolute Gasteiger partial charge is 0.481 e. The summed E-state index contributed by atoms with van der Waals surface area (Å²) in [6.45, 7) is 6.37. The van der Waals surface area contributed by atoms with Gasteiger partial charge in [-0.15, -0.1) is 0 Å². The first-order chi connectivity index (χ1) is 11.2. The van der Waals surface area contributed by atoms with Crippen LogP contribution < -0.4 is 0 Å². The van der Waals surface area contributed by atoms with E-state index in [4.69, 9.17) is 0 Å². The molecule has 0 aliphatic carbocycles. The van der Waals surface area contributed by atoms with Crippen molar-refractivity contribution in [3.8, 4) is 0 Å². The molecule has 0 aliphatic heterocycles. The molecule has 5 nitrogen and oxygen atoms in total. The maximum absolute atomic E-state index is 11.6. The minimum Gasteiger partial charge on any atom is -0.481 e. The number of non-ortho nitro benzene ring substituents is 1. The maximum atomic E-state index is 11.6. The number of rotatable bonds is 5. The fraction of sp³-hybridized carbons (Fsp3) is 0.316. The van der Waals surface area contributed by atoms with Crippen LogP contribution in [-0.4, -0.2) is 16.0 Å². The molecule has 0 radical (unpaired) electrons. The van der Waals surface area contributed by atoms with E-state index < -0.39 is 16.8 Å². The van der Waals surface area contributed by atoms with Gasteiger partial charge in [-0.05, 0) is 28.5 Å². The van der Waals surface area contributed by atoms with Gasteiger partial charge in [0.15, 0.2) is 0 Å². The molecule has 24 heavy (non-hydrogen) atoms. The van der Waals surface area contributed by atoms with Crippen molar-refractivity contribution in [2.45, 2.75) is 38.5 Å². The summed E-state index contributed by atoms with van der Waals surface area (Å²) in [6.07, 6.45) is 0.345. The zero-order chi connectivity index (χ0) is 17.9. The number of nitro groups is 1. The second kappa shape index (κ2) is 6.83. The molecule has 0 saturated carbocycles. The second-order valence-electron chi connectivity index (χ2n) is 6.89. The minimum absolute atomic E-state index is 0.0441. The highest BCUT2D eigenvalue weighted by Gasteiger charge is 2.22. The minimum atomic E-state index is -0.941. The lowest BCUT2D eigenvalue weighted by molar-refractivity contribution is -0.384. The lowest BCUT2D eigenvalue weighted by Crippen LogP contribution is -2.15. The molecule has 1 N–H and O–H groups in total. The zero-order valence-corrected chi connectivity index (χ0v) is 14.0. The number of carboxylic acids is 1. The van der Waals surface area contributed by atoms with Crippen LogP contribution >= 0.6 is 0 Å². The van der Waals surface area contributed by atoms with E-state index in [9.17, 15) is 20.0 Å². The lowest BCUT2D eigenvalue weighted by Gasteiger charge is -2.19. The van der Waals surface area contributed by atoms with Crippen molar-refractivity contribution in [1.29, 1.82) is 0 Å². The highest BCUT2D eigenvalue weighted by atomic mass is 16.6. The summed E-state index contributed by atoms with van der Waals surface area (Å²) in [5.74, 6) is -1.67. The van der Waals surface area contributed by atoms with Gasteiger partial charge < -0.3 is 5.11 Å². The maximum Gasteiger partial charge on any atom is 0.311 e. The Morgan fingerprint density at radius 3 is 2.04 bits per heavy atom. The molecule has 1 unspecified atom stereocenters. The summed E-state index contributed by atoms with van der Waals surface area (Å²) >= 11 is 0. The van der Waals surface area contributed by atoms with Crippen molar-refractivity contribution in [2.75, 3.05) is 0 Å². The Labute approximate surface area is 141 Å². The Hall–Kier alpha value is -2.69. The van der Waals surface area contributed by atoms with Crippen molar-refractivity contribution in [3.63, 3.8) is 0 Å². The molecule has 2 aromatic carbocycles. The molecule has 0 aromatic heterocycles. The summed E-state index contributed by atoms with van der Waals surface area (Å²) in [5, 5.41) is 20.2. The second-order valence-corrected chi connectivity index (χ2v) is 6.89. The highest BCUT2D eigenvalue weighted by molar-refractivity contribution is 5.76. The van der Waals surface area contributed by atoms with Gasteiger partial charge in [-0.2, -0.15) is 0 Å². The molecule has 126 valence electrons. The third-order valence-corrected chi connectivity index (χ3v) is 4.06.